The van der Waals surface area contributed by atoms with Crippen molar-refractivity contribution in [2.24, 2.45) is 0 Å². The number of aliphatic hydroxyl groups is 1. The lowest BCUT2D eigenvalue weighted by atomic mass is 10.0. The van der Waals surface area contributed by atoms with E-state index in [2.05, 4.69) is 32.6 Å². The Hall–Kier alpha value is -0.120. The molecule has 0 saturated heterocycles. The van der Waals surface area contributed by atoms with Gasteiger partial charge in [-0.25, -0.2) is 0 Å². The molecule has 0 radical (unpaired) electrons. The quantitative estimate of drug-likeness (QED) is 0.553. The molecule has 0 atom stereocenters. The summed E-state index contributed by atoms with van der Waals surface area (Å²) in [7, 11) is 0. The molecular weight excluding hydrogens is 238 g/mol. The van der Waals surface area contributed by atoms with E-state index in [1.165, 1.54) is 38.5 Å². The van der Waals surface area contributed by atoms with Gasteiger partial charge in [0.1, 0.15) is 0 Å². The maximum atomic E-state index is 8.70. The molecular formula is C16H35NO2. The van der Waals surface area contributed by atoms with Crippen molar-refractivity contribution in [2.45, 2.75) is 71.8 Å². The minimum Gasteiger partial charge on any atom is -0.394 e. The first kappa shape index (κ1) is 18.9. The molecule has 0 heterocycles. The van der Waals surface area contributed by atoms with Crippen molar-refractivity contribution >= 4 is 0 Å². The van der Waals surface area contributed by atoms with E-state index in [9.17, 15) is 0 Å². The normalized spacial score (nSPS) is 12.3. The summed E-state index contributed by atoms with van der Waals surface area (Å²) in [6, 6.07) is 0. The Morgan fingerprint density at radius 3 is 2.11 bits per heavy atom. The molecule has 0 bridgehead atoms. The molecule has 0 aromatic rings. The predicted molar refractivity (Wildman–Crippen MR) is 82.6 cm³/mol. The molecule has 0 unspecified atom stereocenters. The molecule has 0 aliphatic heterocycles. The zero-order chi connectivity index (χ0) is 14.6. The first-order valence-electron chi connectivity index (χ1n) is 7.96. The van der Waals surface area contributed by atoms with Crippen LogP contribution in [-0.4, -0.2) is 48.5 Å². The van der Waals surface area contributed by atoms with E-state index in [1.54, 1.807) is 0 Å². The Balaban J connectivity index is 3.75. The number of unbranched alkanes of at least 4 members (excludes halogenated alkanes) is 5. The van der Waals surface area contributed by atoms with Crippen LogP contribution in [0.2, 0.25) is 0 Å². The van der Waals surface area contributed by atoms with Gasteiger partial charge in [-0.05, 0) is 33.7 Å². The van der Waals surface area contributed by atoms with Gasteiger partial charge in [0.15, 0.2) is 0 Å². The fourth-order valence-corrected chi connectivity index (χ4v) is 2.21. The molecule has 0 fully saturated rings. The third-order valence-electron chi connectivity index (χ3n) is 3.47. The van der Waals surface area contributed by atoms with Crippen LogP contribution in [-0.2, 0) is 4.74 Å². The number of nitrogens with zero attached hydrogens (tertiary/aromatic N) is 1. The van der Waals surface area contributed by atoms with Gasteiger partial charge >= 0.3 is 0 Å². The largest absolute Gasteiger partial charge is 0.394 e. The number of aliphatic hydroxyl groups excluding tert-OH is 1. The second-order valence-corrected chi connectivity index (χ2v) is 6.26. The fourth-order valence-electron chi connectivity index (χ4n) is 2.21. The van der Waals surface area contributed by atoms with Crippen molar-refractivity contribution in [3.8, 4) is 0 Å². The Bertz CT molecular complexity index is 190. The SMILES string of the molecule is CCCCCCCCN(CCOCCO)C(C)(C)C. The van der Waals surface area contributed by atoms with E-state index < -0.39 is 0 Å². The maximum absolute atomic E-state index is 8.70. The number of ether oxygens (including phenoxy) is 1. The molecule has 0 saturated carbocycles. The summed E-state index contributed by atoms with van der Waals surface area (Å²) in [5, 5.41) is 8.70. The van der Waals surface area contributed by atoms with Gasteiger partial charge in [-0.1, -0.05) is 39.0 Å². The highest BCUT2D eigenvalue weighted by atomic mass is 16.5. The average molecular weight is 273 g/mol. The Morgan fingerprint density at radius 2 is 1.53 bits per heavy atom. The third-order valence-corrected chi connectivity index (χ3v) is 3.47. The van der Waals surface area contributed by atoms with Crippen LogP contribution in [0.4, 0.5) is 0 Å². The lowest BCUT2D eigenvalue weighted by Gasteiger charge is -2.35. The van der Waals surface area contributed by atoms with Crippen LogP contribution in [0.1, 0.15) is 66.2 Å². The lowest BCUT2D eigenvalue weighted by molar-refractivity contribution is 0.0474. The second-order valence-electron chi connectivity index (χ2n) is 6.26. The van der Waals surface area contributed by atoms with Gasteiger partial charge in [0, 0.05) is 12.1 Å². The Kier molecular flexibility index (Phi) is 11.6. The highest BCUT2D eigenvalue weighted by Crippen LogP contribution is 2.15. The topological polar surface area (TPSA) is 32.7 Å². The van der Waals surface area contributed by atoms with Gasteiger partial charge in [0.2, 0.25) is 0 Å². The van der Waals surface area contributed by atoms with Crippen LogP contribution in [0, 0.1) is 0 Å². The number of rotatable bonds is 12. The molecule has 3 heteroatoms. The summed E-state index contributed by atoms with van der Waals surface area (Å²) < 4.78 is 5.38. The van der Waals surface area contributed by atoms with E-state index in [4.69, 9.17) is 9.84 Å². The van der Waals surface area contributed by atoms with Crippen molar-refractivity contribution in [3.63, 3.8) is 0 Å². The minimum atomic E-state index is 0.118. The lowest BCUT2D eigenvalue weighted by Crippen LogP contribution is -2.43. The summed E-state index contributed by atoms with van der Waals surface area (Å²) in [5.74, 6) is 0. The fraction of sp³-hybridized carbons (Fsp3) is 1.00. The molecule has 0 aliphatic rings. The van der Waals surface area contributed by atoms with Crippen LogP contribution >= 0.6 is 0 Å². The van der Waals surface area contributed by atoms with Crippen LogP contribution in [0.5, 0.6) is 0 Å². The van der Waals surface area contributed by atoms with Crippen molar-refractivity contribution in [3.05, 3.63) is 0 Å². The number of hydrogen-bond acceptors (Lipinski definition) is 3. The van der Waals surface area contributed by atoms with Gasteiger partial charge in [0.05, 0.1) is 19.8 Å². The number of hydrogen-bond donors (Lipinski definition) is 1. The summed E-state index contributed by atoms with van der Waals surface area (Å²) in [6.07, 6.45) is 8.05. The minimum absolute atomic E-state index is 0.118. The summed E-state index contributed by atoms with van der Waals surface area (Å²) >= 11 is 0. The maximum Gasteiger partial charge on any atom is 0.0698 e. The van der Waals surface area contributed by atoms with E-state index in [-0.39, 0.29) is 12.1 Å². The van der Waals surface area contributed by atoms with Crippen LogP contribution < -0.4 is 0 Å². The summed E-state index contributed by atoms with van der Waals surface area (Å²) in [5.41, 5.74) is 0.200. The highest BCUT2D eigenvalue weighted by Gasteiger charge is 2.20. The monoisotopic (exact) mass is 273 g/mol. The third kappa shape index (κ3) is 11.4. The summed E-state index contributed by atoms with van der Waals surface area (Å²) in [6.45, 7) is 12.4. The first-order valence-corrected chi connectivity index (χ1v) is 7.96. The van der Waals surface area contributed by atoms with Crippen LogP contribution in [0.3, 0.4) is 0 Å². The standard InChI is InChI=1S/C16H35NO2/c1-5-6-7-8-9-10-11-17(16(2,3)4)12-14-19-15-13-18/h18H,5-15H2,1-4H3. The van der Waals surface area contributed by atoms with Gasteiger partial charge in [0.25, 0.3) is 0 Å². The molecule has 0 rings (SSSR count). The smallest absolute Gasteiger partial charge is 0.0698 e. The van der Waals surface area contributed by atoms with E-state index in [0.717, 1.165) is 13.1 Å². The zero-order valence-electron chi connectivity index (χ0n) is 13.6. The average Bonchev–Trinajstić information content (AvgIpc) is 2.34. The second kappa shape index (κ2) is 11.7. The highest BCUT2D eigenvalue weighted by molar-refractivity contribution is 4.76. The van der Waals surface area contributed by atoms with E-state index >= 15 is 0 Å². The van der Waals surface area contributed by atoms with Crippen LogP contribution in [0.25, 0.3) is 0 Å². The van der Waals surface area contributed by atoms with E-state index in [1.807, 2.05) is 0 Å². The molecule has 19 heavy (non-hydrogen) atoms. The molecule has 0 aliphatic carbocycles. The predicted octanol–water partition coefficient (Wildman–Crippen LogP) is 3.46. The van der Waals surface area contributed by atoms with Gasteiger partial charge in [-0.15, -0.1) is 0 Å². The van der Waals surface area contributed by atoms with E-state index in [0.29, 0.717) is 13.2 Å². The zero-order valence-corrected chi connectivity index (χ0v) is 13.6. The molecule has 1 N–H and O–H groups in total. The molecule has 0 aromatic heterocycles. The van der Waals surface area contributed by atoms with Crippen LogP contribution in [0.15, 0.2) is 0 Å². The molecule has 0 amide bonds. The molecule has 116 valence electrons. The van der Waals surface area contributed by atoms with Crippen molar-refractivity contribution in [1.82, 2.24) is 4.90 Å². The summed E-state index contributed by atoms with van der Waals surface area (Å²) in [4.78, 5) is 2.49. The molecule has 0 aromatic carbocycles. The van der Waals surface area contributed by atoms with Crippen molar-refractivity contribution in [2.75, 3.05) is 32.9 Å². The Labute approximate surface area is 120 Å². The van der Waals surface area contributed by atoms with Crippen molar-refractivity contribution in [1.29, 1.82) is 0 Å². The van der Waals surface area contributed by atoms with Gasteiger partial charge < -0.3 is 9.84 Å². The molecule has 3 nitrogen and oxygen atoms in total. The first-order chi connectivity index (χ1) is 9.02. The van der Waals surface area contributed by atoms with Gasteiger partial charge in [-0.2, -0.15) is 0 Å². The Morgan fingerprint density at radius 1 is 0.895 bits per heavy atom. The van der Waals surface area contributed by atoms with Crippen molar-refractivity contribution < 1.29 is 9.84 Å². The van der Waals surface area contributed by atoms with Gasteiger partial charge in [-0.3, -0.25) is 4.90 Å². The molecule has 0 spiro atoms.